The van der Waals surface area contributed by atoms with Gasteiger partial charge in [-0.15, -0.1) is 0 Å². The van der Waals surface area contributed by atoms with Crippen LogP contribution in [0.5, 0.6) is 5.75 Å². The van der Waals surface area contributed by atoms with Crippen LogP contribution in [0.15, 0.2) is 24.3 Å². The number of nitrogens with two attached hydrogens (primary N) is 1. The molecule has 1 aliphatic heterocycles. The molecule has 0 spiro atoms. The second-order valence-electron chi connectivity index (χ2n) is 7.17. The van der Waals surface area contributed by atoms with Crippen molar-refractivity contribution in [3.05, 3.63) is 29.8 Å². The molecule has 158 valence electrons. The van der Waals surface area contributed by atoms with E-state index in [0.29, 0.717) is 18.5 Å². The first-order valence-corrected chi connectivity index (χ1v) is 9.26. The predicted molar refractivity (Wildman–Crippen MR) is 98.4 cm³/mol. The standard InChI is InChI=1S/C19H29NO8/c1-3-19(26,10(2)9-20)11-5-4-6-12(7-11)27-14(22)8-13(21)16-15(23)17(28-16)18(24)25/h4-7,10,13-17,21-23,26H,3,8-9,20H2,1-2H3,(H,24,25)/t10?,13-,14?,15?,16?,17?,19?/m1/s1. The number of benzene rings is 1. The van der Waals surface area contributed by atoms with Crippen LogP contribution in [-0.4, -0.2) is 68.8 Å². The topological polar surface area (TPSA) is 163 Å². The number of hydrogen-bond acceptors (Lipinski definition) is 8. The van der Waals surface area contributed by atoms with Crippen LogP contribution < -0.4 is 10.5 Å². The minimum Gasteiger partial charge on any atom is -0.479 e. The third-order valence-corrected chi connectivity index (χ3v) is 5.33. The van der Waals surface area contributed by atoms with Gasteiger partial charge in [0, 0.05) is 12.3 Å². The van der Waals surface area contributed by atoms with Gasteiger partial charge in [-0.05, 0) is 30.7 Å². The number of carboxylic acids is 1. The lowest BCUT2D eigenvalue weighted by Gasteiger charge is -2.41. The van der Waals surface area contributed by atoms with Crippen LogP contribution in [-0.2, 0) is 15.1 Å². The fourth-order valence-electron chi connectivity index (χ4n) is 3.35. The smallest absolute Gasteiger partial charge is 0.335 e. The molecule has 7 atom stereocenters. The fourth-order valence-corrected chi connectivity index (χ4v) is 3.35. The van der Waals surface area contributed by atoms with Crippen LogP contribution in [0.4, 0.5) is 0 Å². The lowest BCUT2D eigenvalue weighted by molar-refractivity contribution is -0.258. The van der Waals surface area contributed by atoms with Gasteiger partial charge in [0.05, 0.1) is 11.7 Å². The van der Waals surface area contributed by atoms with Crippen LogP contribution in [0.3, 0.4) is 0 Å². The molecule has 1 aromatic carbocycles. The van der Waals surface area contributed by atoms with Gasteiger partial charge in [-0.25, -0.2) is 4.79 Å². The molecule has 9 heteroatoms. The summed E-state index contributed by atoms with van der Waals surface area (Å²) in [6.07, 6.45) is -6.44. The Morgan fingerprint density at radius 3 is 2.61 bits per heavy atom. The Bertz CT molecular complexity index is 671. The number of carbonyl (C=O) groups is 1. The van der Waals surface area contributed by atoms with Crippen LogP contribution >= 0.6 is 0 Å². The number of aliphatic carboxylic acids is 1. The molecule has 1 heterocycles. The number of ether oxygens (including phenoxy) is 2. The van der Waals surface area contributed by atoms with Gasteiger partial charge in [-0.1, -0.05) is 26.0 Å². The molecule has 0 radical (unpaired) electrons. The number of aliphatic hydroxyl groups is 4. The molecule has 1 aromatic rings. The van der Waals surface area contributed by atoms with Gasteiger partial charge < -0.3 is 40.7 Å². The van der Waals surface area contributed by atoms with Gasteiger partial charge in [0.2, 0.25) is 0 Å². The van der Waals surface area contributed by atoms with Crippen molar-refractivity contribution in [3.63, 3.8) is 0 Å². The highest BCUT2D eigenvalue weighted by molar-refractivity contribution is 5.74. The molecule has 2 rings (SSSR count). The summed E-state index contributed by atoms with van der Waals surface area (Å²) in [5.74, 6) is -1.23. The van der Waals surface area contributed by atoms with Gasteiger partial charge in [-0.2, -0.15) is 0 Å². The molecular weight excluding hydrogens is 370 g/mol. The minimum atomic E-state index is -1.42. The second-order valence-corrected chi connectivity index (χ2v) is 7.17. The first kappa shape index (κ1) is 22.5. The Kier molecular flexibility index (Phi) is 7.38. The summed E-state index contributed by atoms with van der Waals surface area (Å²) in [6, 6.07) is 6.61. The zero-order valence-corrected chi connectivity index (χ0v) is 15.9. The predicted octanol–water partition coefficient (Wildman–Crippen LogP) is -0.460. The van der Waals surface area contributed by atoms with Crippen LogP contribution in [0, 0.1) is 5.92 Å². The van der Waals surface area contributed by atoms with Gasteiger partial charge in [-0.3, -0.25) is 0 Å². The van der Waals surface area contributed by atoms with E-state index >= 15 is 0 Å². The second kappa shape index (κ2) is 9.17. The van der Waals surface area contributed by atoms with E-state index in [0.717, 1.165) is 0 Å². The Balaban J connectivity index is 1.99. The molecular formula is C19H29NO8. The summed E-state index contributed by atoms with van der Waals surface area (Å²) in [6.45, 7) is 3.99. The van der Waals surface area contributed by atoms with E-state index in [4.69, 9.17) is 20.3 Å². The van der Waals surface area contributed by atoms with E-state index < -0.39 is 42.3 Å². The number of hydrogen-bond donors (Lipinski definition) is 6. The summed E-state index contributed by atoms with van der Waals surface area (Å²) in [7, 11) is 0. The maximum Gasteiger partial charge on any atom is 0.335 e. The molecule has 0 aromatic heterocycles. The van der Waals surface area contributed by atoms with Crippen molar-refractivity contribution in [1.29, 1.82) is 0 Å². The molecule has 1 aliphatic rings. The lowest BCUT2D eigenvalue weighted by Crippen LogP contribution is -2.62. The number of rotatable bonds is 10. The molecule has 0 saturated carbocycles. The van der Waals surface area contributed by atoms with Crippen LogP contribution in [0.25, 0.3) is 0 Å². The largest absolute Gasteiger partial charge is 0.479 e. The Labute approximate surface area is 163 Å². The van der Waals surface area contributed by atoms with Crippen molar-refractivity contribution in [3.8, 4) is 5.75 Å². The van der Waals surface area contributed by atoms with Crippen molar-refractivity contribution in [2.45, 2.75) is 63.0 Å². The molecule has 6 unspecified atom stereocenters. The zero-order chi connectivity index (χ0) is 21.1. The first-order valence-electron chi connectivity index (χ1n) is 9.26. The van der Waals surface area contributed by atoms with E-state index in [-0.39, 0.29) is 18.1 Å². The highest BCUT2D eigenvalue weighted by Crippen LogP contribution is 2.34. The summed E-state index contributed by atoms with van der Waals surface area (Å²) in [5, 5.41) is 49.6. The molecule has 9 nitrogen and oxygen atoms in total. The molecule has 7 N–H and O–H groups in total. The fraction of sp³-hybridized carbons (Fsp3) is 0.632. The van der Waals surface area contributed by atoms with Crippen LogP contribution in [0.2, 0.25) is 0 Å². The third kappa shape index (κ3) is 4.62. The van der Waals surface area contributed by atoms with E-state index in [2.05, 4.69) is 0 Å². The van der Waals surface area contributed by atoms with Crippen molar-refractivity contribution in [2.24, 2.45) is 11.7 Å². The van der Waals surface area contributed by atoms with E-state index in [1.807, 2.05) is 13.8 Å². The van der Waals surface area contributed by atoms with Gasteiger partial charge >= 0.3 is 5.97 Å². The molecule has 1 fully saturated rings. The van der Waals surface area contributed by atoms with Crippen molar-refractivity contribution in [2.75, 3.05) is 6.54 Å². The summed E-state index contributed by atoms with van der Waals surface area (Å²) in [5.41, 5.74) is 5.16. The molecule has 0 aliphatic carbocycles. The first-order chi connectivity index (χ1) is 13.1. The maximum atomic E-state index is 10.9. The summed E-state index contributed by atoms with van der Waals surface area (Å²) < 4.78 is 10.3. The number of carboxylic acid groups (broad SMARTS) is 1. The zero-order valence-electron chi connectivity index (χ0n) is 15.9. The van der Waals surface area contributed by atoms with Gasteiger partial charge in [0.1, 0.15) is 18.0 Å². The van der Waals surface area contributed by atoms with Gasteiger partial charge in [0.25, 0.3) is 0 Å². The molecule has 0 bridgehead atoms. The normalized spacial score (nSPS) is 27.2. The van der Waals surface area contributed by atoms with Gasteiger partial charge in [0.15, 0.2) is 12.4 Å². The minimum absolute atomic E-state index is 0.195. The monoisotopic (exact) mass is 399 g/mol. The SMILES string of the molecule is CCC(O)(c1cccc(OC(O)C[C@@H](O)C2OC(C(=O)O)C2O)c1)C(C)CN. The maximum absolute atomic E-state index is 10.9. The quantitative estimate of drug-likeness (QED) is 0.286. The number of aliphatic hydroxyl groups excluding tert-OH is 3. The highest BCUT2D eigenvalue weighted by atomic mass is 16.6. The third-order valence-electron chi connectivity index (χ3n) is 5.33. The highest BCUT2D eigenvalue weighted by Gasteiger charge is 2.49. The van der Waals surface area contributed by atoms with Crippen LogP contribution in [0.1, 0.15) is 32.3 Å². The average Bonchev–Trinajstić information content (AvgIpc) is 2.65. The summed E-state index contributed by atoms with van der Waals surface area (Å²) in [4.78, 5) is 10.8. The molecule has 28 heavy (non-hydrogen) atoms. The molecule has 0 amide bonds. The van der Waals surface area contributed by atoms with E-state index in [1.165, 1.54) is 0 Å². The summed E-state index contributed by atoms with van der Waals surface area (Å²) >= 11 is 0. The van der Waals surface area contributed by atoms with Crippen molar-refractivity contribution < 1.29 is 39.8 Å². The average molecular weight is 399 g/mol. The van der Waals surface area contributed by atoms with Crippen molar-refractivity contribution in [1.82, 2.24) is 0 Å². The Hall–Kier alpha value is -1.75. The molecule has 1 saturated heterocycles. The van der Waals surface area contributed by atoms with E-state index in [9.17, 15) is 25.2 Å². The Morgan fingerprint density at radius 2 is 2.07 bits per heavy atom. The Morgan fingerprint density at radius 1 is 1.39 bits per heavy atom. The van der Waals surface area contributed by atoms with E-state index in [1.54, 1.807) is 24.3 Å². The lowest BCUT2D eigenvalue weighted by atomic mass is 9.80. The van der Waals surface area contributed by atoms with Crippen molar-refractivity contribution >= 4 is 5.97 Å².